The van der Waals surface area contributed by atoms with Crippen molar-refractivity contribution in [2.24, 2.45) is 0 Å². The number of nitrogens with one attached hydrogen (secondary N) is 1. The van der Waals surface area contributed by atoms with Gasteiger partial charge in [0.2, 0.25) is 0 Å². The number of amides is 1. The SMILES string of the molecule is COc1cccc(-c2cc(C(=O)N[C@H](C)CCc3ccccc3)n(-c3ccccc3)n2)c1. The van der Waals surface area contributed by atoms with Crippen LogP contribution in [0.1, 0.15) is 29.4 Å². The fourth-order valence-electron chi connectivity index (χ4n) is 3.63. The van der Waals surface area contributed by atoms with Crippen LogP contribution >= 0.6 is 0 Å². The molecule has 1 atom stereocenters. The van der Waals surface area contributed by atoms with Gasteiger partial charge in [-0.1, -0.05) is 60.7 Å². The van der Waals surface area contributed by atoms with E-state index in [-0.39, 0.29) is 11.9 Å². The van der Waals surface area contributed by atoms with Crippen molar-refractivity contribution in [3.63, 3.8) is 0 Å². The van der Waals surface area contributed by atoms with E-state index in [4.69, 9.17) is 9.84 Å². The maximum Gasteiger partial charge on any atom is 0.270 e. The van der Waals surface area contributed by atoms with Crippen molar-refractivity contribution in [2.45, 2.75) is 25.8 Å². The summed E-state index contributed by atoms with van der Waals surface area (Å²) in [5.41, 5.74) is 4.22. The molecule has 1 aromatic heterocycles. The van der Waals surface area contributed by atoms with Crippen LogP contribution in [-0.2, 0) is 6.42 Å². The normalized spacial score (nSPS) is 11.7. The summed E-state index contributed by atoms with van der Waals surface area (Å²) >= 11 is 0. The number of hydrogen-bond acceptors (Lipinski definition) is 3. The molecular formula is C27H27N3O2. The van der Waals surface area contributed by atoms with Crippen LogP contribution in [-0.4, -0.2) is 28.8 Å². The molecule has 1 amide bonds. The molecule has 0 radical (unpaired) electrons. The van der Waals surface area contributed by atoms with E-state index in [2.05, 4.69) is 17.4 Å². The summed E-state index contributed by atoms with van der Waals surface area (Å²) in [6, 6.07) is 29.6. The molecule has 0 aliphatic heterocycles. The molecule has 0 unspecified atom stereocenters. The summed E-state index contributed by atoms with van der Waals surface area (Å²) in [5, 5.41) is 7.89. The number of hydrogen-bond donors (Lipinski definition) is 1. The number of aryl methyl sites for hydroxylation is 1. The number of nitrogens with zero attached hydrogens (tertiary/aromatic N) is 2. The third kappa shape index (κ3) is 5.06. The van der Waals surface area contributed by atoms with Crippen molar-refractivity contribution >= 4 is 5.91 Å². The first-order valence-electron chi connectivity index (χ1n) is 10.8. The Bertz CT molecular complexity index is 1170. The Labute approximate surface area is 188 Å². The van der Waals surface area contributed by atoms with Crippen molar-refractivity contribution in [2.75, 3.05) is 7.11 Å². The van der Waals surface area contributed by atoms with Crippen molar-refractivity contribution in [3.05, 3.63) is 102 Å². The largest absolute Gasteiger partial charge is 0.497 e. The standard InChI is InChI=1S/C27H27N3O2/c1-20(16-17-21-10-5-3-6-11-21)28-27(31)26-19-25(22-12-9-15-24(18-22)32-2)29-30(26)23-13-7-4-8-14-23/h3-15,18-20H,16-17H2,1-2H3,(H,28,31)/t20-/m1/s1. The second-order valence-corrected chi connectivity index (χ2v) is 7.79. The molecule has 4 aromatic rings. The molecule has 162 valence electrons. The van der Waals surface area contributed by atoms with E-state index in [0.29, 0.717) is 5.69 Å². The van der Waals surface area contributed by atoms with Gasteiger partial charge in [-0.05, 0) is 55.7 Å². The maximum atomic E-state index is 13.2. The van der Waals surface area contributed by atoms with Gasteiger partial charge in [-0.2, -0.15) is 5.10 Å². The zero-order valence-corrected chi connectivity index (χ0v) is 18.4. The Morgan fingerprint density at radius 2 is 1.69 bits per heavy atom. The van der Waals surface area contributed by atoms with E-state index < -0.39 is 0 Å². The average Bonchev–Trinajstić information content (AvgIpc) is 3.30. The molecule has 0 saturated carbocycles. The van der Waals surface area contributed by atoms with Crippen molar-refractivity contribution < 1.29 is 9.53 Å². The first kappa shape index (κ1) is 21.4. The summed E-state index contributed by atoms with van der Waals surface area (Å²) in [6.45, 7) is 2.03. The molecule has 0 spiro atoms. The predicted octanol–water partition coefficient (Wildman–Crippen LogP) is 5.30. The molecule has 0 fully saturated rings. The van der Waals surface area contributed by atoms with Gasteiger partial charge in [-0.3, -0.25) is 4.79 Å². The first-order chi connectivity index (χ1) is 15.6. The minimum Gasteiger partial charge on any atom is -0.497 e. The molecule has 0 bridgehead atoms. The second kappa shape index (κ2) is 9.96. The number of methoxy groups -OCH3 is 1. The van der Waals surface area contributed by atoms with E-state index >= 15 is 0 Å². The summed E-state index contributed by atoms with van der Waals surface area (Å²) in [5.74, 6) is 0.605. The summed E-state index contributed by atoms with van der Waals surface area (Å²) < 4.78 is 7.05. The van der Waals surface area contributed by atoms with Gasteiger partial charge >= 0.3 is 0 Å². The van der Waals surface area contributed by atoms with Crippen molar-refractivity contribution in [1.29, 1.82) is 0 Å². The van der Waals surface area contributed by atoms with E-state index in [1.165, 1.54) is 5.56 Å². The molecule has 0 aliphatic carbocycles. The Hall–Kier alpha value is -3.86. The predicted molar refractivity (Wildman–Crippen MR) is 127 cm³/mol. The quantitative estimate of drug-likeness (QED) is 0.417. The molecule has 1 heterocycles. The highest BCUT2D eigenvalue weighted by atomic mass is 16.5. The van der Waals surface area contributed by atoms with Gasteiger partial charge in [0.1, 0.15) is 11.4 Å². The Morgan fingerprint density at radius 1 is 0.969 bits per heavy atom. The molecule has 3 aromatic carbocycles. The lowest BCUT2D eigenvalue weighted by Crippen LogP contribution is -2.34. The third-order valence-electron chi connectivity index (χ3n) is 5.39. The van der Waals surface area contributed by atoms with Gasteiger partial charge in [0.25, 0.3) is 5.91 Å². The Kier molecular flexibility index (Phi) is 6.66. The number of ether oxygens (including phenoxy) is 1. The van der Waals surface area contributed by atoms with Crippen molar-refractivity contribution in [3.8, 4) is 22.7 Å². The van der Waals surface area contributed by atoms with Gasteiger partial charge in [0.15, 0.2) is 0 Å². The number of rotatable bonds is 8. The van der Waals surface area contributed by atoms with E-state index in [0.717, 1.165) is 35.5 Å². The van der Waals surface area contributed by atoms with Gasteiger partial charge < -0.3 is 10.1 Å². The molecule has 32 heavy (non-hydrogen) atoms. The van der Waals surface area contributed by atoms with Crippen LogP contribution < -0.4 is 10.1 Å². The lowest BCUT2D eigenvalue weighted by Gasteiger charge is -2.14. The van der Waals surface area contributed by atoms with Crippen LogP contribution in [0.4, 0.5) is 0 Å². The molecule has 0 saturated heterocycles. The zero-order valence-electron chi connectivity index (χ0n) is 18.4. The van der Waals surface area contributed by atoms with Crippen LogP contribution in [0.25, 0.3) is 16.9 Å². The highest BCUT2D eigenvalue weighted by molar-refractivity contribution is 5.94. The number of para-hydroxylation sites is 1. The topological polar surface area (TPSA) is 56.1 Å². The van der Waals surface area contributed by atoms with Crippen LogP contribution in [0.5, 0.6) is 5.75 Å². The lowest BCUT2D eigenvalue weighted by molar-refractivity contribution is 0.0930. The van der Waals surface area contributed by atoms with Crippen molar-refractivity contribution in [1.82, 2.24) is 15.1 Å². The lowest BCUT2D eigenvalue weighted by atomic mass is 10.1. The number of benzene rings is 3. The van der Waals surface area contributed by atoms with Crippen LogP contribution in [0.2, 0.25) is 0 Å². The number of carbonyl (C=O) groups excluding carboxylic acids is 1. The third-order valence-corrected chi connectivity index (χ3v) is 5.39. The molecule has 5 nitrogen and oxygen atoms in total. The van der Waals surface area contributed by atoms with Gasteiger partial charge in [-0.25, -0.2) is 4.68 Å². The fraction of sp³-hybridized carbons (Fsp3) is 0.185. The van der Waals surface area contributed by atoms with E-state index in [1.54, 1.807) is 11.8 Å². The molecule has 5 heteroatoms. The van der Waals surface area contributed by atoms with Crippen LogP contribution in [0.15, 0.2) is 91.0 Å². The zero-order chi connectivity index (χ0) is 22.3. The molecule has 1 N–H and O–H groups in total. The first-order valence-corrected chi connectivity index (χ1v) is 10.8. The minimum absolute atomic E-state index is 0.0297. The highest BCUT2D eigenvalue weighted by Gasteiger charge is 2.19. The minimum atomic E-state index is -0.143. The second-order valence-electron chi connectivity index (χ2n) is 7.79. The van der Waals surface area contributed by atoms with Crippen LogP contribution in [0.3, 0.4) is 0 Å². The Morgan fingerprint density at radius 3 is 2.41 bits per heavy atom. The highest BCUT2D eigenvalue weighted by Crippen LogP contribution is 2.25. The number of aromatic nitrogens is 2. The summed E-state index contributed by atoms with van der Waals surface area (Å²) in [6.07, 6.45) is 1.77. The maximum absolute atomic E-state index is 13.2. The number of carbonyl (C=O) groups is 1. The molecule has 0 aliphatic rings. The van der Waals surface area contributed by atoms with Gasteiger partial charge in [-0.15, -0.1) is 0 Å². The molecule has 4 rings (SSSR count). The summed E-state index contributed by atoms with van der Waals surface area (Å²) in [4.78, 5) is 13.2. The average molecular weight is 426 g/mol. The van der Waals surface area contributed by atoms with Gasteiger partial charge in [0, 0.05) is 11.6 Å². The van der Waals surface area contributed by atoms with E-state index in [1.807, 2.05) is 85.8 Å². The van der Waals surface area contributed by atoms with E-state index in [9.17, 15) is 4.79 Å². The summed E-state index contributed by atoms with van der Waals surface area (Å²) in [7, 11) is 1.64. The monoisotopic (exact) mass is 425 g/mol. The smallest absolute Gasteiger partial charge is 0.270 e. The van der Waals surface area contributed by atoms with Gasteiger partial charge in [0.05, 0.1) is 18.5 Å². The molecular weight excluding hydrogens is 398 g/mol. The van der Waals surface area contributed by atoms with Crippen LogP contribution in [0, 0.1) is 0 Å². The Balaban J connectivity index is 1.58. The fourth-order valence-corrected chi connectivity index (χ4v) is 3.63.